The number of nitrogens with one attached hydrogen (secondary N) is 2. The molecule has 5 nitrogen and oxygen atoms in total. The lowest BCUT2D eigenvalue weighted by molar-refractivity contribution is -0.136. The number of hydrogen-bond donors (Lipinski definition) is 2. The van der Waals surface area contributed by atoms with Gasteiger partial charge in [-0.15, -0.1) is 0 Å². The summed E-state index contributed by atoms with van der Waals surface area (Å²) < 4.78 is 0.846. The van der Waals surface area contributed by atoms with Crippen molar-refractivity contribution in [2.45, 2.75) is 13.3 Å². The zero-order chi connectivity index (χ0) is 16.7. The molecule has 0 bridgehead atoms. The maximum Gasteiger partial charge on any atom is 0.329 e. The molecule has 118 valence electrons. The molecule has 0 aromatic heterocycles. The van der Waals surface area contributed by atoms with Crippen molar-refractivity contribution in [2.24, 2.45) is 5.10 Å². The minimum Gasteiger partial charge on any atom is -0.318 e. The summed E-state index contributed by atoms with van der Waals surface area (Å²) in [4.78, 5) is 23.5. The third-order valence-corrected chi connectivity index (χ3v) is 3.82. The van der Waals surface area contributed by atoms with E-state index in [4.69, 9.17) is 0 Å². The molecule has 0 fully saturated rings. The Morgan fingerprint density at radius 3 is 2.43 bits per heavy atom. The van der Waals surface area contributed by atoms with E-state index in [9.17, 15) is 9.59 Å². The van der Waals surface area contributed by atoms with Crippen molar-refractivity contribution in [1.82, 2.24) is 5.43 Å². The van der Waals surface area contributed by atoms with Crippen LogP contribution in [0.25, 0.3) is 0 Å². The van der Waals surface area contributed by atoms with Gasteiger partial charge in [0.25, 0.3) is 0 Å². The van der Waals surface area contributed by atoms with E-state index in [1.165, 1.54) is 6.21 Å². The van der Waals surface area contributed by atoms with Crippen LogP contribution in [0.5, 0.6) is 0 Å². The molecular formula is C17H16BrN3O2. The molecule has 0 saturated carbocycles. The van der Waals surface area contributed by atoms with Crippen molar-refractivity contribution >= 4 is 39.6 Å². The van der Waals surface area contributed by atoms with Gasteiger partial charge in [-0.05, 0) is 30.2 Å². The van der Waals surface area contributed by atoms with Crippen molar-refractivity contribution < 1.29 is 9.59 Å². The van der Waals surface area contributed by atoms with E-state index in [2.05, 4.69) is 31.8 Å². The van der Waals surface area contributed by atoms with Crippen molar-refractivity contribution in [3.05, 3.63) is 64.1 Å². The summed E-state index contributed by atoms with van der Waals surface area (Å²) in [6.45, 7) is 2.05. The summed E-state index contributed by atoms with van der Waals surface area (Å²) in [6.07, 6.45) is 2.38. The number of rotatable bonds is 4. The van der Waals surface area contributed by atoms with Gasteiger partial charge in [0.2, 0.25) is 0 Å². The van der Waals surface area contributed by atoms with E-state index in [0.29, 0.717) is 5.69 Å². The summed E-state index contributed by atoms with van der Waals surface area (Å²) in [6, 6.07) is 14.7. The van der Waals surface area contributed by atoms with Crippen LogP contribution in [0.2, 0.25) is 0 Å². The van der Waals surface area contributed by atoms with Gasteiger partial charge < -0.3 is 5.32 Å². The van der Waals surface area contributed by atoms with Crippen molar-refractivity contribution in [3.63, 3.8) is 0 Å². The number of hydrogen-bond acceptors (Lipinski definition) is 3. The van der Waals surface area contributed by atoms with Crippen LogP contribution in [-0.4, -0.2) is 18.0 Å². The SMILES string of the molecule is CCc1ccc(NC(=O)C(=O)NN=Cc2ccccc2Br)cc1. The Labute approximate surface area is 142 Å². The topological polar surface area (TPSA) is 70.6 Å². The quantitative estimate of drug-likeness (QED) is 0.491. The summed E-state index contributed by atoms with van der Waals surface area (Å²) in [5.41, 5.74) is 4.72. The predicted octanol–water partition coefficient (Wildman–Crippen LogP) is 3.10. The average molecular weight is 374 g/mol. The van der Waals surface area contributed by atoms with Crippen LogP contribution in [-0.2, 0) is 16.0 Å². The van der Waals surface area contributed by atoms with E-state index in [1.54, 1.807) is 12.1 Å². The number of anilines is 1. The van der Waals surface area contributed by atoms with E-state index >= 15 is 0 Å². The zero-order valence-corrected chi connectivity index (χ0v) is 14.1. The standard InChI is InChI=1S/C17H16BrN3O2/c1-2-12-7-9-14(10-8-12)20-16(22)17(23)21-19-11-13-5-3-4-6-15(13)18/h3-11H,2H2,1H3,(H,20,22)(H,21,23). The van der Waals surface area contributed by atoms with Crippen LogP contribution < -0.4 is 10.7 Å². The van der Waals surface area contributed by atoms with Gasteiger partial charge in [0.05, 0.1) is 6.21 Å². The van der Waals surface area contributed by atoms with Gasteiger partial charge >= 0.3 is 11.8 Å². The van der Waals surface area contributed by atoms with Gasteiger partial charge in [0, 0.05) is 15.7 Å². The highest BCUT2D eigenvalue weighted by atomic mass is 79.9. The fraction of sp³-hybridized carbons (Fsp3) is 0.118. The molecule has 0 radical (unpaired) electrons. The number of halogens is 1. The Bertz CT molecular complexity index is 727. The Kier molecular flexibility index (Phi) is 6.05. The molecule has 2 N–H and O–H groups in total. The molecule has 6 heteroatoms. The largest absolute Gasteiger partial charge is 0.329 e. The highest BCUT2D eigenvalue weighted by Crippen LogP contribution is 2.13. The molecule has 0 aliphatic rings. The number of hydrazone groups is 1. The molecule has 2 aromatic carbocycles. The van der Waals surface area contributed by atoms with Crippen molar-refractivity contribution in [3.8, 4) is 0 Å². The summed E-state index contributed by atoms with van der Waals surface area (Å²) >= 11 is 3.37. The zero-order valence-electron chi connectivity index (χ0n) is 12.5. The minimum atomic E-state index is -0.826. The van der Waals surface area contributed by atoms with Crippen molar-refractivity contribution in [2.75, 3.05) is 5.32 Å². The Morgan fingerprint density at radius 1 is 1.09 bits per heavy atom. The number of nitrogens with zero attached hydrogens (tertiary/aromatic N) is 1. The Hall–Kier alpha value is -2.47. The number of carbonyl (C=O) groups excluding carboxylic acids is 2. The molecular weight excluding hydrogens is 358 g/mol. The van der Waals surface area contributed by atoms with E-state index in [1.807, 2.05) is 43.3 Å². The third-order valence-electron chi connectivity index (χ3n) is 3.10. The molecule has 23 heavy (non-hydrogen) atoms. The van der Waals surface area contributed by atoms with Crippen LogP contribution >= 0.6 is 15.9 Å². The molecule has 2 rings (SSSR count). The molecule has 2 aromatic rings. The van der Waals surface area contributed by atoms with Gasteiger partial charge in [-0.1, -0.05) is 53.2 Å². The lowest BCUT2D eigenvalue weighted by Gasteiger charge is -2.04. The molecule has 0 spiro atoms. The molecule has 0 atom stereocenters. The highest BCUT2D eigenvalue weighted by Gasteiger charge is 2.12. The number of aryl methyl sites for hydroxylation is 1. The smallest absolute Gasteiger partial charge is 0.318 e. The van der Waals surface area contributed by atoms with Crippen LogP contribution in [0.15, 0.2) is 58.1 Å². The first-order valence-corrected chi connectivity index (χ1v) is 7.87. The van der Waals surface area contributed by atoms with Gasteiger partial charge in [-0.25, -0.2) is 5.43 Å². The molecule has 0 heterocycles. The van der Waals surface area contributed by atoms with E-state index in [0.717, 1.165) is 22.0 Å². The van der Waals surface area contributed by atoms with Gasteiger partial charge in [-0.3, -0.25) is 9.59 Å². The summed E-state index contributed by atoms with van der Waals surface area (Å²) in [5.74, 6) is -1.59. The summed E-state index contributed by atoms with van der Waals surface area (Å²) in [5, 5.41) is 6.30. The monoisotopic (exact) mass is 373 g/mol. The van der Waals surface area contributed by atoms with Crippen LogP contribution in [0.1, 0.15) is 18.1 Å². The predicted molar refractivity (Wildman–Crippen MR) is 94.3 cm³/mol. The minimum absolute atomic E-state index is 0.567. The number of benzene rings is 2. The fourth-order valence-electron chi connectivity index (χ4n) is 1.80. The lowest BCUT2D eigenvalue weighted by atomic mass is 10.1. The highest BCUT2D eigenvalue weighted by molar-refractivity contribution is 9.10. The molecule has 0 saturated heterocycles. The van der Waals surface area contributed by atoms with Crippen LogP contribution in [0, 0.1) is 0 Å². The molecule has 0 aliphatic carbocycles. The van der Waals surface area contributed by atoms with E-state index < -0.39 is 11.8 Å². The lowest BCUT2D eigenvalue weighted by Crippen LogP contribution is -2.32. The Morgan fingerprint density at radius 2 is 1.78 bits per heavy atom. The Balaban J connectivity index is 1.89. The maximum atomic E-state index is 11.8. The second-order valence-corrected chi connectivity index (χ2v) is 5.58. The number of carbonyl (C=O) groups is 2. The third kappa shape index (κ3) is 5.03. The second kappa shape index (κ2) is 8.24. The first kappa shape index (κ1) is 16.9. The summed E-state index contributed by atoms with van der Waals surface area (Å²) in [7, 11) is 0. The fourth-order valence-corrected chi connectivity index (χ4v) is 2.19. The first-order valence-electron chi connectivity index (χ1n) is 7.08. The van der Waals surface area contributed by atoms with Crippen molar-refractivity contribution in [1.29, 1.82) is 0 Å². The van der Waals surface area contributed by atoms with Gasteiger partial charge in [-0.2, -0.15) is 5.10 Å². The molecule has 0 unspecified atom stereocenters. The van der Waals surface area contributed by atoms with E-state index in [-0.39, 0.29) is 0 Å². The first-order chi connectivity index (χ1) is 11.1. The van der Waals surface area contributed by atoms with Crippen LogP contribution in [0.3, 0.4) is 0 Å². The van der Waals surface area contributed by atoms with Crippen LogP contribution in [0.4, 0.5) is 5.69 Å². The normalized spacial score (nSPS) is 10.5. The maximum absolute atomic E-state index is 11.8. The van der Waals surface area contributed by atoms with Gasteiger partial charge in [0.1, 0.15) is 0 Å². The molecule has 0 aliphatic heterocycles. The van der Waals surface area contributed by atoms with Gasteiger partial charge in [0.15, 0.2) is 0 Å². The number of amides is 2. The average Bonchev–Trinajstić information content (AvgIpc) is 2.57. The second-order valence-electron chi connectivity index (χ2n) is 4.73. The molecule has 2 amide bonds.